The topological polar surface area (TPSA) is 356 Å². The molecular weight excluding hydrogens is 1780 g/mol. The van der Waals surface area contributed by atoms with Gasteiger partial charge in [0.15, 0.2) is 11.5 Å². The van der Waals surface area contributed by atoms with E-state index in [1.807, 2.05) is 30.8 Å². The van der Waals surface area contributed by atoms with Crippen LogP contribution < -0.4 is 43.1 Å². The first-order chi connectivity index (χ1) is 61.7. The molecule has 6 atom stereocenters. The van der Waals surface area contributed by atoms with Crippen LogP contribution in [0.5, 0.6) is 52.9 Å². The van der Waals surface area contributed by atoms with Crippen molar-refractivity contribution < 1.29 is 61.1 Å². The minimum atomic E-state index is -0.694. The summed E-state index contributed by atoms with van der Waals surface area (Å²) in [5.41, 5.74) is 3.28. The van der Waals surface area contributed by atoms with Gasteiger partial charge in [-0.3, -0.25) is 34.6 Å². The van der Waals surface area contributed by atoms with Crippen molar-refractivity contribution in [1.29, 1.82) is 0 Å². The molecule has 12 aromatic rings. The molecule has 6 aliphatic rings. The maximum absolute atomic E-state index is 14.7. The van der Waals surface area contributed by atoms with Crippen LogP contribution in [0.4, 0.5) is 26.2 Å². The number of likely N-dealkylation sites (N-methyl/N-ethyl adjacent to an activating group) is 3. The van der Waals surface area contributed by atoms with Gasteiger partial charge >= 0.3 is 18.0 Å². The fourth-order valence-corrected chi connectivity index (χ4v) is 18.0. The Morgan fingerprint density at radius 1 is 0.453 bits per heavy atom. The number of piperazine rings is 3. The second kappa shape index (κ2) is 39.0. The van der Waals surface area contributed by atoms with Crippen molar-refractivity contribution >= 4 is 170 Å². The van der Waals surface area contributed by atoms with Crippen LogP contribution in [-0.4, -0.2) is 307 Å². The third-order valence-corrected chi connectivity index (χ3v) is 25.2. The summed E-state index contributed by atoms with van der Waals surface area (Å²) in [6.07, 6.45) is 9.64. The Morgan fingerprint density at radius 3 is 1.14 bits per heavy atom. The number of halogens is 8. The Labute approximate surface area is 762 Å². The first-order valence-electron chi connectivity index (χ1n) is 41.2. The van der Waals surface area contributed by atoms with Gasteiger partial charge in [-0.25, -0.2) is 8.78 Å². The second-order valence-electron chi connectivity index (χ2n) is 32.0. The van der Waals surface area contributed by atoms with Gasteiger partial charge in [0, 0.05) is 166 Å². The highest BCUT2D eigenvalue weighted by Gasteiger charge is 2.37. The van der Waals surface area contributed by atoms with E-state index in [1.54, 1.807) is 59.4 Å². The first kappa shape index (κ1) is 90.1. The van der Waals surface area contributed by atoms with E-state index >= 15 is 0 Å². The number of nitrogens with one attached hydrogen (secondary N) is 3. The molecule has 672 valence electrons. The predicted molar refractivity (Wildman–Crippen MR) is 482 cm³/mol. The molecule has 35 nitrogen and oxygen atoms in total. The van der Waals surface area contributed by atoms with Gasteiger partial charge in [-0.2, -0.15) is 60.2 Å². The van der Waals surface area contributed by atoms with Crippen molar-refractivity contribution in [3.05, 3.63) is 141 Å². The number of benzene rings is 3. The fraction of sp³-hybridized carbons (Fsp3) is 0.400. The summed E-state index contributed by atoms with van der Waals surface area (Å²) < 4.78 is 78.1. The quantitative estimate of drug-likeness (QED) is 0.0395. The number of fused-ring (bicyclic) bond motifs is 6. The molecule has 6 fully saturated rings. The Hall–Kier alpha value is -11.2. The van der Waals surface area contributed by atoms with Gasteiger partial charge in [-0.15, -0.1) is 0 Å². The van der Waals surface area contributed by atoms with Gasteiger partial charge in [0.2, 0.25) is 35.4 Å². The predicted octanol–water partition coefficient (Wildman–Crippen LogP) is 12.7. The van der Waals surface area contributed by atoms with Crippen LogP contribution in [0, 0.1) is 36.3 Å². The van der Waals surface area contributed by atoms with Gasteiger partial charge in [0.25, 0.3) is 0 Å². The van der Waals surface area contributed by atoms with Crippen LogP contribution in [0.3, 0.4) is 0 Å². The molecule has 3 amide bonds. The molecule has 0 unspecified atom stereocenters. The van der Waals surface area contributed by atoms with Crippen molar-refractivity contribution in [3.63, 3.8) is 0 Å². The highest BCUT2D eigenvalue weighted by atomic mass is 35.5. The lowest BCUT2D eigenvalue weighted by Gasteiger charge is -2.35. The number of aromatic amines is 3. The molecular formula is C85H90Cl6F2N24O11. The smallest absolute Gasteiger partial charge is 0.319 e. The maximum Gasteiger partial charge on any atom is 0.319 e. The van der Waals surface area contributed by atoms with E-state index in [9.17, 15) is 23.2 Å². The molecule has 6 aliphatic heterocycles. The zero-order valence-corrected chi connectivity index (χ0v) is 75.3. The molecule has 0 spiro atoms. The third kappa shape index (κ3) is 19.3. The van der Waals surface area contributed by atoms with Gasteiger partial charge < -0.3 is 77.1 Å². The molecule has 9 aromatic heterocycles. The Balaban J connectivity index is 0.000000141. The summed E-state index contributed by atoms with van der Waals surface area (Å²) in [4.78, 5) is 96.4. The zero-order chi connectivity index (χ0) is 90.0. The molecule has 3 aromatic carbocycles. The number of hydrogen-bond donors (Lipinski definition) is 3. The Morgan fingerprint density at radius 2 is 0.797 bits per heavy atom. The van der Waals surface area contributed by atoms with Crippen molar-refractivity contribution in [2.75, 3.05) is 181 Å². The van der Waals surface area contributed by atoms with E-state index in [2.05, 4.69) is 109 Å². The van der Waals surface area contributed by atoms with Crippen molar-refractivity contribution in [1.82, 2.24) is 105 Å². The molecule has 128 heavy (non-hydrogen) atoms. The minimum Gasteiger partial charge on any atom is -0.463 e. The largest absolute Gasteiger partial charge is 0.463 e. The van der Waals surface area contributed by atoms with Crippen LogP contribution in [-0.2, 0) is 23.9 Å². The summed E-state index contributed by atoms with van der Waals surface area (Å²) in [6, 6.07) is 9.96. The van der Waals surface area contributed by atoms with Gasteiger partial charge in [-0.1, -0.05) is 96.3 Å². The number of likely N-dealkylation sites (tertiary alicyclic amines) is 3. The van der Waals surface area contributed by atoms with Crippen molar-refractivity contribution in [3.8, 4) is 52.9 Å². The van der Waals surface area contributed by atoms with Gasteiger partial charge in [-0.05, 0) is 82.9 Å². The summed E-state index contributed by atoms with van der Waals surface area (Å²) in [7, 11) is 9.54. The van der Waals surface area contributed by atoms with E-state index in [4.69, 9.17) is 127 Å². The van der Waals surface area contributed by atoms with Crippen LogP contribution in [0.2, 0.25) is 30.5 Å². The number of anilines is 3. The molecule has 0 aliphatic carbocycles. The van der Waals surface area contributed by atoms with Crippen molar-refractivity contribution in [2.24, 2.45) is 17.8 Å². The maximum atomic E-state index is 14.7. The third-order valence-electron chi connectivity index (χ3n) is 23.5. The molecule has 0 radical (unpaired) electrons. The number of H-pyrrole nitrogens is 3. The number of carbonyl (C=O) groups is 3. The highest BCUT2D eigenvalue weighted by Crippen LogP contribution is 2.46. The van der Waals surface area contributed by atoms with Crippen molar-refractivity contribution in [2.45, 2.75) is 38.5 Å². The van der Waals surface area contributed by atoms with E-state index in [0.29, 0.717) is 176 Å². The molecule has 0 bridgehead atoms. The van der Waals surface area contributed by atoms with E-state index in [0.717, 1.165) is 55.6 Å². The number of hydrogen-bond acceptors (Lipinski definition) is 29. The lowest BCUT2D eigenvalue weighted by atomic mass is 10.1. The number of nitrogens with zero attached hydrogens (tertiary/aromatic N) is 21. The average Bonchev–Trinajstić information content (AvgIpc) is 1.31. The molecule has 0 saturated carbocycles. The summed E-state index contributed by atoms with van der Waals surface area (Å²) in [5.74, 6) is 1.46. The minimum absolute atomic E-state index is 0.00672. The Bertz CT molecular complexity index is 5990. The zero-order valence-electron chi connectivity index (χ0n) is 70.8. The lowest BCUT2D eigenvalue weighted by Crippen LogP contribution is -2.48. The molecule has 43 heteroatoms. The molecule has 15 heterocycles. The van der Waals surface area contributed by atoms with E-state index in [1.165, 1.54) is 42.8 Å². The van der Waals surface area contributed by atoms with Crippen LogP contribution in [0.1, 0.15) is 18.9 Å². The number of ether oxygens (including phenoxy) is 8. The van der Waals surface area contributed by atoms with E-state index in [-0.39, 0.29) is 132 Å². The number of methoxy groups -OCH3 is 2. The van der Waals surface area contributed by atoms with Crippen LogP contribution in [0.15, 0.2) is 93.0 Å². The summed E-state index contributed by atoms with van der Waals surface area (Å²) in [6.45, 7) is 26.2. The van der Waals surface area contributed by atoms with Crippen LogP contribution in [0.25, 0.3) is 65.4 Å². The summed E-state index contributed by atoms with van der Waals surface area (Å²) >= 11 is 38.7. The first-order valence-corrected chi connectivity index (χ1v) is 43.4. The number of carbonyl (C=O) groups excluding carboxylic acids is 3. The van der Waals surface area contributed by atoms with Gasteiger partial charge in [0.05, 0.1) is 92.9 Å². The monoisotopic (exact) mass is 1870 g/mol. The van der Waals surface area contributed by atoms with Gasteiger partial charge in [0.1, 0.15) is 83.5 Å². The SMILES string of the molecule is C=CC(=O)N1CCN(c2nc(OC[C@@H]3CN(C)C[C@H]3OC)nc3c(Oc4c(Cl)c(F)cc5[nH]ncc45)nc(Cl)cc23)CC1.C=CC(=O)N1CCN(c2nc(OC[C@@H]3C[C@H](C)CN3C)nc3c(Oc4c(C)c(Cl)cc5[nH]ncc45)nc(Cl)cc23)CC1.C=CC(=O)N1CCN(c2nc(OC[C@H]3CN(C)C[C@@H]3OC)nc3c(Oc4c(Cl)c(F)cc5[nH]ncc45)nc(Cl)cc23)CC1. The molecule has 6 saturated heterocycles. The fourth-order valence-electron chi connectivity index (χ4n) is 16.8. The number of pyridine rings is 3. The van der Waals surface area contributed by atoms with E-state index < -0.39 is 11.6 Å². The lowest BCUT2D eigenvalue weighted by molar-refractivity contribution is -0.127. The molecule has 18 rings (SSSR count). The average molecular weight is 1870 g/mol. The number of amides is 3. The van der Waals surface area contributed by atoms with Crippen LogP contribution >= 0.6 is 69.6 Å². The number of rotatable bonds is 23. The normalized spacial score (nSPS) is 19.4. The highest BCUT2D eigenvalue weighted by molar-refractivity contribution is 6.34. The Kier molecular flexibility index (Phi) is 27.5. The standard InChI is InChI=1S/C29H32Cl2N8O3.2C28H29Cl2FN8O4/c1-5-24(40)38-6-8-39(9-7-38)27-19-11-23(31)33-28(42-26-17(3)21(30)12-22-20(26)13-32-36-22)25(19)34-29(35-27)41-15-18-10-16(2)14-37(18)4;2*1-4-22(40)38-5-7-39(8-6-38)26-16-9-21(29)33-27(43-25-17-11-32-36-19(17)10-18(31)23(25)30)24(16)34-28(35-26)42-14-15-12-37(2)13-20(15)41-3/h5,11-13,16,18H,1,6-10,14-15H2,2-4H3,(H,32,36);2*4,9-11,15,20H,1,5-8,12-14H2,2-3H3,(H,32,36)/t16-,18-;2*15-,20+/m010/s1. The summed E-state index contributed by atoms with van der Waals surface area (Å²) in [5, 5.41) is 24.4. The number of aromatic nitrogens is 15. The molecule has 3 N–H and O–H groups in total. The second-order valence-corrected chi connectivity index (χ2v) is 34.3.